The molecule has 2 aromatic carbocycles. The summed E-state index contributed by atoms with van der Waals surface area (Å²) in [6.45, 7) is -1.88. The molecule has 0 saturated heterocycles. The predicted molar refractivity (Wildman–Crippen MR) is 109 cm³/mol. The molecular weight excluding hydrogens is 478 g/mol. The van der Waals surface area contributed by atoms with E-state index < -0.39 is 53.7 Å². The number of aromatic nitrogens is 4. The molecular formula is C23H20F6N4O2. The molecule has 1 N–H and O–H groups in total. The lowest BCUT2D eigenvalue weighted by molar-refractivity contribution is -0.240. The monoisotopic (exact) mass is 498 g/mol. The number of hydrogen-bond donors (Lipinski definition) is 1. The van der Waals surface area contributed by atoms with Gasteiger partial charge in [-0.2, -0.15) is 13.2 Å². The summed E-state index contributed by atoms with van der Waals surface area (Å²) in [7, 11) is 0. The molecule has 1 heterocycles. The average Bonchev–Trinajstić information content (AvgIpc) is 3.23. The number of halogens is 6. The first-order valence-electron chi connectivity index (χ1n) is 10.8. The Morgan fingerprint density at radius 1 is 1.06 bits per heavy atom. The van der Waals surface area contributed by atoms with Crippen molar-refractivity contribution in [3.8, 4) is 5.75 Å². The minimum Gasteiger partial charge on any atom is -0.484 e. The molecule has 6 nitrogen and oxygen atoms in total. The van der Waals surface area contributed by atoms with Gasteiger partial charge in [-0.15, -0.1) is 5.10 Å². The summed E-state index contributed by atoms with van der Waals surface area (Å²) < 4.78 is 87.1. The van der Waals surface area contributed by atoms with Crippen LogP contribution < -0.4 is 4.74 Å². The minimum absolute atomic E-state index is 0.0679. The van der Waals surface area contributed by atoms with E-state index in [0.29, 0.717) is 25.3 Å². The molecule has 12 heteroatoms. The Labute approximate surface area is 195 Å². The van der Waals surface area contributed by atoms with Crippen LogP contribution in [0, 0.1) is 17.0 Å². The summed E-state index contributed by atoms with van der Waals surface area (Å²) in [4.78, 5) is 0. The molecule has 0 amide bonds. The van der Waals surface area contributed by atoms with Crippen LogP contribution in [0.1, 0.15) is 30.4 Å². The minimum atomic E-state index is -4.45. The van der Waals surface area contributed by atoms with Gasteiger partial charge in [0.05, 0.1) is 6.54 Å². The Hall–Kier alpha value is -3.15. The van der Waals surface area contributed by atoms with Crippen LogP contribution in [0.2, 0.25) is 0 Å². The standard InChI is InChI=1S/C23H20F6N4O2/c24-15-3-6-17(18(25)7-15)22(34,11-33-13-30-31-32-33)19(26)21-8-20(9-21,10-21)14-1-4-16(5-2-14)35-12-23(27,28)29/h1-7,13,19,34H,8-12H2. The maximum Gasteiger partial charge on any atom is 0.422 e. The predicted octanol–water partition coefficient (Wildman–Crippen LogP) is 4.24. The fraction of sp³-hybridized carbons (Fsp3) is 0.435. The van der Waals surface area contributed by atoms with Gasteiger partial charge in [-0.1, -0.05) is 18.2 Å². The molecule has 2 atom stereocenters. The summed E-state index contributed by atoms with van der Waals surface area (Å²) in [6.07, 6.45) is -4.15. The molecule has 35 heavy (non-hydrogen) atoms. The number of nitrogens with zero attached hydrogens (tertiary/aromatic N) is 4. The lowest BCUT2D eigenvalue weighted by atomic mass is 9.31. The molecule has 2 unspecified atom stereocenters. The smallest absolute Gasteiger partial charge is 0.422 e. The topological polar surface area (TPSA) is 73.1 Å². The van der Waals surface area contributed by atoms with Crippen molar-refractivity contribution in [2.45, 2.75) is 49.2 Å². The van der Waals surface area contributed by atoms with Crippen molar-refractivity contribution < 1.29 is 36.2 Å². The van der Waals surface area contributed by atoms with Crippen molar-refractivity contribution in [3.63, 3.8) is 0 Å². The van der Waals surface area contributed by atoms with Gasteiger partial charge in [0, 0.05) is 17.0 Å². The van der Waals surface area contributed by atoms with E-state index in [9.17, 15) is 27.1 Å². The van der Waals surface area contributed by atoms with E-state index in [0.717, 1.165) is 28.7 Å². The van der Waals surface area contributed by atoms with E-state index in [-0.39, 0.29) is 11.2 Å². The van der Waals surface area contributed by atoms with E-state index in [2.05, 4.69) is 15.5 Å². The van der Waals surface area contributed by atoms with E-state index in [1.54, 1.807) is 12.1 Å². The van der Waals surface area contributed by atoms with Gasteiger partial charge in [-0.25, -0.2) is 17.9 Å². The Morgan fingerprint density at radius 2 is 1.74 bits per heavy atom. The molecule has 0 radical (unpaired) electrons. The lowest BCUT2D eigenvalue weighted by Crippen LogP contribution is -2.71. The fourth-order valence-electron chi connectivity index (χ4n) is 5.66. The van der Waals surface area contributed by atoms with Crippen LogP contribution in [-0.2, 0) is 17.6 Å². The van der Waals surface area contributed by atoms with Gasteiger partial charge in [0.1, 0.15) is 35.5 Å². The Balaban J connectivity index is 1.35. The van der Waals surface area contributed by atoms with Gasteiger partial charge in [-0.05, 0) is 58.9 Å². The summed E-state index contributed by atoms with van der Waals surface area (Å²) in [5.41, 5.74) is -3.27. The van der Waals surface area contributed by atoms with Crippen molar-refractivity contribution in [3.05, 3.63) is 71.6 Å². The fourth-order valence-corrected chi connectivity index (χ4v) is 5.66. The third-order valence-electron chi connectivity index (χ3n) is 7.09. The first-order valence-corrected chi connectivity index (χ1v) is 10.8. The van der Waals surface area contributed by atoms with Crippen LogP contribution in [0.15, 0.2) is 48.8 Å². The highest BCUT2D eigenvalue weighted by atomic mass is 19.4. The molecule has 6 rings (SSSR count). The van der Waals surface area contributed by atoms with E-state index in [1.165, 1.54) is 12.1 Å². The summed E-state index contributed by atoms with van der Waals surface area (Å²) >= 11 is 0. The first kappa shape index (κ1) is 23.6. The Bertz CT molecular complexity index is 1200. The van der Waals surface area contributed by atoms with Crippen LogP contribution in [0.25, 0.3) is 0 Å². The second kappa shape index (κ2) is 7.94. The van der Waals surface area contributed by atoms with E-state index in [1.807, 2.05) is 0 Å². The Kier molecular flexibility index (Phi) is 5.35. The quantitative estimate of drug-likeness (QED) is 0.471. The zero-order valence-corrected chi connectivity index (χ0v) is 18.1. The SMILES string of the molecule is OC(Cn1cnnn1)(c1ccc(F)cc1F)C(F)C12CC(c3ccc(OCC(F)(F)F)cc3)(C1)C2. The maximum atomic E-state index is 16.1. The van der Waals surface area contributed by atoms with Crippen molar-refractivity contribution in [2.24, 2.45) is 5.41 Å². The Morgan fingerprint density at radius 3 is 2.31 bits per heavy atom. The molecule has 3 saturated carbocycles. The van der Waals surface area contributed by atoms with Crippen molar-refractivity contribution in [1.82, 2.24) is 20.2 Å². The number of alkyl halides is 4. The van der Waals surface area contributed by atoms with Gasteiger partial charge in [0.15, 0.2) is 6.61 Å². The van der Waals surface area contributed by atoms with Gasteiger partial charge in [0.25, 0.3) is 0 Å². The zero-order valence-electron chi connectivity index (χ0n) is 18.1. The van der Waals surface area contributed by atoms with Crippen LogP contribution in [-0.4, -0.2) is 44.3 Å². The van der Waals surface area contributed by atoms with E-state index in [4.69, 9.17) is 4.74 Å². The highest BCUT2D eigenvalue weighted by Gasteiger charge is 2.74. The van der Waals surface area contributed by atoms with Crippen LogP contribution in [0.3, 0.4) is 0 Å². The molecule has 0 aliphatic heterocycles. The largest absolute Gasteiger partial charge is 0.484 e. The number of rotatable bonds is 8. The molecule has 186 valence electrons. The van der Waals surface area contributed by atoms with Gasteiger partial charge in [-0.3, -0.25) is 0 Å². The molecule has 3 aliphatic carbocycles. The average molecular weight is 498 g/mol. The summed E-state index contributed by atoms with van der Waals surface area (Å²) in [5, 5.41) is 22.0. The third-order valence-corrected chi connectivity index (χ3v) is 7.09. The zero-order chi connectivity index (χ0) is 25.1. The molecule has 3 aromatic rings. The highest BCUT2D eigenvalue weighted by molar-refractivity contribution is 5.43. The van der Waals surface area contributed by atoms with Crippen LogP contribution >= 0.6 is 0 Å². The van der Waals surface area contributed by atoms with Gasteiger partial charge < -0.3 is 9.84 Å². The van der Waals surface area contributed by atoms with E-state index >= 15 is 4.39 Å². The summed E-state index contributed by atoms with van der Waals surface area (Å²) in [5.74, 6) is -1.88. The maximum absolute atomic E-state index is 16.1. The van der Waals surface area contributed by atoms with Crippen LogP contribution in [0.5, 0.6) is 5.75 Å². The van der Waals surface area contributed by atoms with Crippen molar-refractivity contribution >= 4 is 0 Å². The highest BCUT2D eigenvalue weighted by Crippen LogP contribution is 2.77. The second-order valence-corrected chi connectivity index (χ2v) is 9.52. The van der Waals surface area contributed by atoms with Crippen molar-refractivity contribution in [1.29, 1.82) is 0 Å². The first-order chi connectivity index (χ1) is 16.4. The molecule has 0 spiro atoms. The van der Waals surface area contributed by atoms with Crippen molar-refractivity contribution in [2.75, 3.05) is 6.61 Å². The number of aliphatic hydroxyl groups is 1. The molecule has 2 bridgehead atoms. The molecule has 1 aromatic heterocycles. The van der Waals surface area contributed by atoms with Gasteiger partial charge in [0.2, 0.25) is 0 Å². The number of ether oxygens (including phenoxy) is 1. The van der Waals surface area contributed by atoms with Crippen LogP contribution in [0.4, 0.5) is 26.3 Å². The number of tetrazole rings is 1. The molecule has 3 fully saturated rings. The molecule has 3 aliphatic rings. The second-order valence-electron chi connectivity index (χ2n) is 9.52. The third kappa shape index (κ3) is 4.03. The normalized spacial score (nSPS) is 25.8. The lowest BCUT2D eigenvalue weighted by Gasteiger charge is -2.73. The van der Waals surface area contributed by atoms with Gasteiger partial charge >= 0.3 is 6.18 Å². The number of hydrogen-bond acceptors (Lipinski definition) is 5. The number of benzene rings is 2. The summed E-state index contributed by atoms with van der Waals surface area (Å²) in [6, 6.07) is 8.71.